The normalized spacial score (nSPS) is 13.9. The second-order valence-corrected chi connectivity index (χ2v) is 27.4. The van der Waals surface area contributed by atoms with Crippen molar-refractivity contribution in [3.8, 4) is 0 Å². The minimum Gasteiger partial charge on any atom is -0.462 e. The molecule has 0 spiro atoms. The summed E-state index contributed by atoms with van der Waals surface area (Å²) in [5.41, 5.74) is 1.79. The average molecular weight is 1510 g/mol. The van der Waals surface area contributed by atoms with Crippen LogP contribution in [0.25, 0.3) is 32.7 Å². The molecule has 0 aliphatic carbocycles. The van der Waals surface area contributed by atoms with E-state index in [1.807, 2.05) is 70.6 Å². The number of benzene rings is 6. The zero-order valence-corrected chi connectivity index (χ0v) is 60.7. The van der Waals surface area contributed by atoms with Crippen LogP contribution in [0.5, 0.6) is 0 Å². The number of anilines is 3. The molecule has 0 N–H and O–H groups in total. The number of rotatable bonds is 17. The van der Waals surface area contributed by atoms with Crippen molar-refractivity contribution < 1.29 is 47.0 Å². The van der Waals surface area contributed by atoms with E-state index in [-0.39, 0.29) is 70.7 Å². The van der Waals surface area contributed by atoms with Gasteiger partial charge in [0, 0.05) is 113 Å². The molecule has 0 unspecified atom stereocenters. The van der Waals surface area contributed by atoms with Gasteiger partial charge in [-0.25, -0.2) is 13.6 Å². The van der Waals surface area contributed by atoms with E-state index in [2.05, 4.69) is 0 Å². The lowest BCUT2D eigenvalue weighted by molar-refractivity contribution is -0.385. The largest absolute Gasteiger partial charge is 0.462 e. The molecule has 8 heterocycles. The zero-order valence-electron chi connectivity index (χ0n) is 58.4. The minimum absolute atomic E-state index is 0.0178. The van der Waals surface area contributed by atoms with E-state index in [4.69, 9.17) is 32.4 Å². The predicted molar refractivity (Wildman–Crippen MR) is 407 cm³/mol. The topological polar surface area (TPSA) is 266 Å². The molecule has 552 valence electrons. The Morgan fingerprint density at radius 2 is 0.972 bits per heavy atom. The monoisotopic (exact) mass is 1510 g/mol. The van der Waals surface area contributed by atoms with Crippen LogP contribution < -0.4 is 31.4 Å². The Bertz CT molecular complexity index is 5350. The first-order valence-corrected chi connectivity index (χ1v) is 35.9. The van der Waals surface area contributed by atoms with Crippen LogP contribution in [0, 0.1) is 31.9 Å². The fraction of sp³-hybridized carbons (Fsp3) is 0.260. The van der Waals surface area contributed by atoms with Crippen LogP contribution in [0.1, 0.15) is 59.0 Å². The molecule has 0 saturated carbocycles. The van der Waals surface area contributed by atoms with Gasteiger partial charge in [0.25, 0.3) is 23.3 Å². The lowest BCUT2D eigenvalue weighted by Gasteiger charge is -2.37. The maximum absolute atomic E-state index is 13.7. The second kappa shape index (κ2) is 33.2. The number of fused-ring (bicyclic) bond motifs is 3. The average Bonchev–Trinajstić information content (AvgIpc) is 0.786. The Morgan fingerprint density at radius 1 is 0.523 bits per heavy atom. The van der Waals surface area contributed by atoms with Gasteiger partial charge in [0.05, 0.1) is 73.0 Å². The molecular formula is C77H72Cl2F2N12O13S. The van der Waals surface area contributed by atoms with Gasteiger partial charge in [0.1, 0.15) is 28.6 Å². The molecule has 6 aromatic carbocycles. The number of ether oxygens (including phenoxy) is 1. The fourth-order valence-corrected chi connectivity index (χ4v) is 14.5. The number of hydrogen-bond donors (Lipinski definition) is 0. The molecule has 3 fully saturated rings. The van der Waals surface area contributed by atoms with Gasteiger partial charge in [-0.1, -0.05) is 108 Å². The Kier molecular flexibility index (Phi) is 23.3. The standard InChI is InChI=1S/C27H21Cl2FN4O4.C25H21FN4O5.C25H30N4O4S/c28-21-10-7-18(15-22(21)29)26(35)32-13-11-31(12-14-32)24-20-3-1-2-4-23(20)33(27(36)25(24)34(37)38)16-17-5-8-19(30)9-6-17;26-18-9-7-17(8-10-18)16-29-20-5-2-1-4-19(20)22(23(25(29)32)30(33)34)27-11-13-28(14-12-27)24(31)21-6-3-15-35-21;1-4-33-25(32)21-22(27-12-14-28(15-13-27)23(30)20-10-7-17-34-20)18-8-5-6-9-19(18)29(24(21)31)16-11-26(2)3/h1-10,15H,11-14,16H2;1-10,15H,11-14,16H2;5-10,17H,4,11-16H2,1-3H3. The maximum atomic E-state index is 13.7. The van der Waals surface area contributed by atoms with Crippen LogP contribution in [0.4, 0.5) is 37.2 Å². The number of esters is 1. The van der Waals surface area contributed by atoms with Crippen LogP contribution in [0.15, 0.2) is 194 Å². The van der Waals surface area contributed by atoms with Crippen molar-refractivity contribution in [2.24, 2.45) is 0 Å². The van der Waals surface area contributed by atoms with E-state index >= 15 is 0 Å². The van der Waals surface area contributed by atoms with Crippen LogP contribution in [-0.4, -0.2) is 173 Å². The molecule has 3 saturated heterocycles. The molecule has 3 amide bonds. The zero-order chi connectivity index (χ0) is 75.7. The van der Waals surface area contributed by atoms with Gasteiger partial charge in [0.2, 0.25) is 0 Å². The highest BCUT2D eigenvalue weighted by molar-refractivity contribution is 7.12. The molecule has 30 heteroatoms. The minimum atomic E-state index is -0.748. The Morgan fingerprint density at radius 3 is 1.40 bits per heavy atom. The molecule has 3 aliphatic heterocycles. The Balaban J connectivity index is 0.000000150. The van der Waals surface area contributed by atoms with E-state index < -0.39 is 49.9 Å². The number of amides is 3. The molecule has 11 aromatic rings. The summed E-state index contributed by atoms with van der Waals surface area (Å²) in [4.78, 5) is 129. The van der Waals surface area contributed by atoms with E-state index in [1.54, 1.807) is 128 Å². The first kappa shape index (κ1) is 75.1. The maximum Gasteiger partial charge on any atom is 0.357 e. The number of hydrogen-bond acceptors (Lipinski definition) is 18. The quantitative estimate of drug-likeness (QED) is 0.0466. The van der Waals surface area contributed by atoms with Crippen molar-refractivity contribution in [2.45, 2.75) is 26.6 Å². The summed E-state index contributed by atoms with van der Waals surface area (Å²) in [6.07, 6.45) is 1.43. The summed E-state index contributed by atoms with van der Waals surface area (Å²) < 4.78 is 41.6. The number of para-hydroxylation sites is 3. The summed E-state index contributed by atoms with van der Waals surface area (Å²) in [6, 6.07) is 44.6. The van der Waals surface area contributed by atoms with Gasteiger partial charge in [-0.2, -0.15) is 0 Å². The van der Waals surface area contributed by atoms with E-state index in [0.29, 0.717) is 141 Å². The fourth-order valence-electron chi connectivity index (χ4n) is 13.5. The van der Waals surface area contributed by atoms with Crippen LogP contribution >= 0.6 is 34.5 Å². The number of furan rings is 1. The number of nitrogens with zero attached hydrogens (tertiary/aromatic N) is 12. The summed E-state index contributed by atoms with van der Waals surface area (Å²) in [5.74, 6) is -1.64. The molecular weight excluding hydrogens is 1440 g/mol. The van der Waals surface area contributed by atoms with Crippen molar-refractivity contribution >= 4 is 119 Å². The first-order chi connectivity index (χ1) is 51.6. The third-order valence-corrected chi connectivity index (χ3v) is 20.4. The van der Waals surface area contributed by atoms with Gasteiger partial charge in [0.15, 0.2) is 5.76 Å². The molecule has 107 heavy (non-hydrogen) atoms. The number of carbonyl (C=O) groups excluding carboxylic acids is 4. The van der Waals surface area contributed by atoms with Gasteiger partial charge in [-0.3, -0.25) is 58.1 Å². The number of halogens is 4. The lowest BCUT2D eigenvalue weighted by Crippen LogP contribution is -2.49. The van der Waals surface area contributed by atoms with Crippen LogP contribution in [-0.2, 0) is 24.4 Å². The van der Waals surface area contributed by atoms with Crippen molar-refractivity contribution in [3.05, 3.63) is 281 Å². The smallest absolute Gasteiger partial charge is 0.357 e. The van der Waals surface area contributed by atoms with Gasteiger partial charge < -0.3 is 48.0 Å². The van der Waals surface area contributed by atoms with Crippen molar-refractivity contribution in [1.82, 2.24) is 33.3 Å². The number of likely N-dealkylation sites (N-methyl/N-ethyl adjacent to an activating group) is 1. The molecule has 25 nitrogen and oxygen atoms in total. The summed E-state index contributed by atoms with van der Waals surface area (Å²) in [6.45, 7) is 7.67. The second-order valence-electron chi connectivity index (χ2n) is 25.6. The predicted octanol–water partition coefficient (Wildman–Crippen LogP) is 11.8. The van der Waals surface area contributed by atoms with Crippen molar-refractivity contribution in [1.29, 1.82) is 0 Å². The SMILES string of the molecule is CCOC(=O)c1c(N2CCN(C(=O)c3cccs3)CC2)c2ccccc2n(CCN(C)C)c1=O.O=C(c1ccc(Cl)c(Cl)c1)N1CCN(c2c([N+](=O)[O-])c(=O)n(Cc3ccc(F)cc3)c3ccccc23)CC1.O=C(c1ccco1)N1CCN(c2c([N+](=O)[O-])c(=O)n(Cc3ccc(F)cc3)c3ccccc23)CC1. The highest BCUT2D eigenvalue weighted by Gasteiger charge is 2.36. The Labute approximate surface area is 624 Å². The molecule has 0 atom stereocenters. The Hall–Kier alpha value is -11.6. The third-order valence-electron chi connectivity index (χ3n) is 18.8. The van der Waals surface area contributed by atoms with Crippen molar-refractivity contribution in [2.75, 3.05) is 120 Å². The number of nitro groups is 2. The lowest BCUT2D eigenvalue weighted by atomic mass is 10.1. The summed E-state index contributed by atoms with van der Waals surface area (Å²) in [7, 11) is 3.90. The molecule has 3 aliphatic rings. The van der Waals surface area contributed by atoms with Gasteiger partial charge in [-0.15, -0.1) is 11.3 Å². The number of pyridine rings is 3. The van der Waals surface area contributed by atoms with Crippen LogP contribution in [0.2, 0.25) is 10.0 Å². The van der Waals surface area contributed by atoms with Gasteiger partial charge in [-0.05, 0) is 116 Å². The van der Waals surface area contributed by atoms with E-state index in [9.17, 15) is 62.6 Å². The third kappa shape index (κ3) is 16.3. The number of aromatic nitrogens is 3. The first-order valence-electron chi connectivity index (χ1n) is 34.3. The number of carbonyl (C=O) groups is 4. The molecule has 0 radical (unpaired) electrons. The van der Waals surface area contributed by atoms with Crippen molar-refractivity contribution in [3.63, 3.8) is 0 Å². The van der Waals surface area contributed by atoms with Crippen LogP contribution in [0.3, 0.4) is 0 Å². The number of thiophene rings is 1. The van der Waals surface area contributed by atoms with Gasteiger partial charge >= 0.3 is 28.5 Å². The molecule has 14 rings (SSSR count). The van der Waals surface area contributed by atoms with E-state index in [1.165, 1.54) is 57.1 Å². The highest BCUT2D eigenvalue weighted by Crippen LogP contribution is 2.38. The van der Waals surface area contributed by atoms with E-state index in [0.717, 1.165) is 15.8 Å². The summed E-state index contributed by atoms with van der Waals surface area (Å²) >= 11 is 13.5. The summed E-state index contributed by atoms with van der Waals surface area (Å²) in [5, 5.41) is 28.8. The highest BCUT2D eigenvalue weighted by atomic mass is 35.5. The molecule has 5 aromatic heterocycles. The number of piperazine rings is 3. The molecule has 0 bridgehead atoms.